The molecule has 2 aromatic rings. The van der Waals surface area contributed by atoms with Crippen molar-refractivity contribution in [1.82, 2.24) is 0 Å². The molecule has 0 aliphatic heterocycles. The first-order valence-electron chi connectivity index (χ1n) is 7.36. The lowest BCUT2D eigenvalue weighted by Crippen LogP contribution is -2.21. The van der Waals surface area contributed by atoms with Crippen LogP contribution in [-0.2, 0) is 14.3 Å². The van der Waals surface area contributed by atoms with Gasteiger partial charge in [-0.3, -0.25) is 4.18 Å². The second kappa shape index (κ2) is 6.63. The molecule has 0 fully saturated rings. The molecule has 0 aromatic heterocycles. The van der Waals surface area contributed by atoms with Crippen LogP contribution in [0.4, 0.5) is 0 Å². The molecule has 4 heteroatoms. The average Bonchev–Trinajstić information content (AvgIpc) is 2.47. The van der Waals surface area contributed by atoms with Gasteiger partial charge >= 0.3 is 0 Å². The maximum atomic E-state index is 12.3. The van der Waals surface area contributed by atoms with Gasteiger partial charge in [0.1, 0.15) is 0 Å². The third kappa shape index (κ3) is 3.96. The minimum absolute atomic E-state index is 0.0131. The maximum absolute atomic E-state index is 12.3. The minimum atomic E-state index is -3.74. The van der Waals surface area contributed by atoms with Crippen LogP contribution in [0.1, 0.15) is 36.5 Å². The Balaban J connectivity index is 2.14. The predicted molar refractivity (Wildman–Crippen MR) is 88.5 cm³/mol. The highest BCUT2D eigenvalue weighted by Crippen LogP contribution is 2.25. The third-order valence-electron chi connectivity index (χ3n) is 3.90. The summed E-state index contributed by atoms with van der Waals surface area (Å²) >= 11 is 0. The summed E-state index contributed by atoms with van der Waals surface area (Å²) in [6.45, 7) is 7.70. The Morgan fingerprint density at radius 3 is 1.77 bits per heavy atom. The van der Waals surface area contributed by atoms with Crippen molar-refractivity contribution >= 4 is 10.1 Å². The fourth-order valence-corrected chi connectivity index (χ4v) is 3.33. The molecule has 2 aromatic carbocycles. The molecule has 0 bridgehead atoms. The van der Waals surface area contributed by atoms with Crippen LogP contribution in [-0.4, -0.2) is 14.5 Å². The van der Waals surface area contributed by atoms with Crippen molar-refractivity contribution in [3.63, 3.8) is 0 Å². The number of hydrogen-bond acceptors (Lipinski definition) is 3. The highest BCUT2D eigenvalue weighted by Gasteiger charge is 2.23. The smallest absolute Gasteiger partial charge is 0.263 e. The largest absolute Gasteiger partial charge is 0.297 e. The van der Waals surface area contributed by atoms with Crippen molar-refractivity contribution in [2.45, 2.75) is 44.6 Å². The summed E-state index contributed by atoms with van der Waals surface area (Å²) in [4.78, 5) is 0.195. The summed E-state index contributed by atoms with van der Waals surface area (Å²) in [5.74, 6) is -0.0131. The second-order valence-corrected chi connectivity index (χ2v) is 7.34. The Labute approximate surface area is 133 Å². The van der Waals surface area contributed by atoms with Gasteiger partial charge in [-0.15, -0.1) is 0 Å². The zero-order chi connectivity index (χ0) is 16.3. The molecular weight excluding hydrogens is 296 g/mol. The minimum Gasteiger partial charge on any atom is -0.263 e. The van der Waals surface area contributed by atoms with Crippen molar-refractivity contribution in [3.8, 4) is 0 Å². The number of benzene rings is 2. The molecule has 0 amide bonds. The summed E-state index contributed by atoms with van der Waals surface area (Å²) in [6, 6.07) is 14.8. The van der Waals surface area contributed by atoms with E-state index in [0.29, 0.717) is 0 Å². The Kier molecular flexibility index (Phi) is 5.04. The quantitative estimate of drug-likeness (QED) is 0.776. The Morgan fingerprint density at radius 1 is 0.818 bits per heavy atom. The third-order valence-corrected chi connectivity index (χ3v) is 5.30. The van der Waals surface area contributed by atoms with Crippen LogP contribution in [0.2, 0.25) is 0 Å². The molecule has 22 heavy (non-hydrogen) atoms. The summed E-state index contributed by atoms with van der Waals surface area (Å²) in [5, 5.41) is 0. The number of rotatable bonds is 5. The number of hydrogen-bond donors (Lipinski definition) is 0. The van der Waals surface area contributed by atoms with Crippen LogP contribution < -0.4 is 0 Å². The van der Waals surface area contributed by atoms with E-state index in [9.17, 15) is 8.42 Å². The molecule has 0 heterocycles. The van der Waals surface area contributed by atoms with Gasteiger partial charge in [-0.2, -0.15) is 8.42 Å². The standard InChI is InChI=1S/C18H22O3S/c1-13-5-9-17(10-6-13)15(3)16(4)21-22(19,20)18-11-7-14(2)8-12-18/h5-12,15-16H,1-4H3. The Hall–Kier alpha value is -1.65. The first-order chi connectivity index (χ1) is 10.3. The normalized spacial score (nSPS) is 14.5. The highest BCUT2D eigenvalue weighted by molar-refractivity contribution is 7.86. The van der Waals surface area contributed by atoms with E-state index >= 15 is 0 Å². The summed E-state index contributed by atoms with van der Waals surface area (Å²) in [7, 11) is -3.74. The van der Waals surface area contributed by atoms with Gasteiger partial charge in [0.2, 0.25) is 0 Å². The van der Waals surface area contributed by atoms with E-state index < -0.39 is 16.2 Å². The van der Waals surface area contributed by atoms with Gasteiger partial charge in [0, 0.05) is 5.92 Å². The van der Waals surface area contributed by atoms with Crippen molar-refractivity contribution in [2.75, 3.05) is 0 Å². The fraction of sp³-hybridized carbons (Fsp3) is 0.333. The zero-order valence-corrected chi connectivity index (χ0v) is 14.2. The zero-order valence-electron chi connectivity index (χ0n) is 13.4. The number of aryl methyl sites for hydroxylation is 2. The molecule has 0 spiro atoms. The molecule has 0 radical (unpaired) electrons. The molecule has 118 valence electrons. The lowest BCUT2D eigenvalue weighted by Gasteiger charge is -2.20. The van der Waals surface area contributed by atoms with E-state index in [1.807, 2.05) is 45.0 Å². The van der Waals surface area contributed by atoms with Gasteiger partial charge in [0.15, 0.2) is 0 Å². The molecule has 2 atom stereocenters. The summed E-state index contributed by atoms with van der Waals surface area (Å²) < 4.78 is 30.0. The lowest BCUT2D eigenvalue weighted by molar-refractivity contribution is 0.203. The molecule has 0 saturated carbocycles. The second-order valence-electron chi connectivity index (χ2n) is 5.77. The highest BCUT2D eigenvalue weighted by atomic mass is 32.2. The van der Waals surface area contributed by atoms with Gasteiger partial charge in [-0.25, -0.2) is 0 Å². The SMILES string of the molecule is Cc1ccc(C(C)C(C)OS(=O)(=O)c2ccc(C)cc2)cc1. The van der Waals surface area contributed by atoms with E-state index in [4.69, 9.17) is 4.18 Å². The maximum Gasteiger partial charge on any atom is 0.297 e. The summed E-state index contributed by atoms with van der Waals surface area (Å²) in [5.41, 5.74) is 3.26. The molecular formula is C18H22O3S. The van der Waals surface area contributed by atoms with Crippen molar-refractivity contribution in [2.24, 2.45) is 0 Å². The van der Waals surface area contributed by atoms with Gasteiger partial charge in [-0.05, 0) is 38.5 Å². The van der Waals surface area contributed by atoms with Gasteiger partial charge in [0.25, 0.3) is 10.1 Å². The van der Waals surface area contributed by atoms with E-state index in [1.165, 1.54) is 5.56 Å². The Morgan fingerprint density at radius 2 is 1.27 bits per heavy atom. The molecule has 2 rings (SSSR count). The first kappa shape index (κ1) is 16.7. The van der Waals surface area contributed by atoms with Gasteiger partial charge in [0.05, 0.1) is 11.0 Å². The van der Waals surface area contributed by atoms with E-state index in [-0.39, 0.29) is 10.8 Å². The first-order valence-corrected chi connectivity index (χ1v) is 8.77. The summed E-state index contributed by atoms with van der Waals surface area (Å²) in [6.07, 6.45) is -0.436. The van der Waals surface area contributed by atoms with E-state index in [2.05, 4.69) is 0 Å². The van der Waals surface area contributed by atoms with Gasteiger partial charge < -0.3 is 0 Å². The average molecular weight is 318 g/mol. The molecule has 0 aliphatic rings. The van der Waals surface area contributed by atoms with Crippen LogP contribution in [0.5, 0.6) is 0 Å². The molecule has 2 unspecified atom stereocenters. The monoisotopic (exact) mass is 318 g/mol. The van der Waals surface area contributed by atoms with Crippen LogP contribution >= 0.6 is 0 Å². The van der Waals surface area contributed by atoms with Gasteiger partial charge in [-0.1, -0.05) is 54.4 Å². The van der Waals surface area contributed by atoms with Crippen molar-refractivity contribution < 1.29 is 12.6 Å². The van der Waals surface area contributed by atoms with Crippen molar-refractivity contribution in [1.29, 1.82) is 0 Å². The fourth-order valence-electron chi connectivity index (χ4n) is 2.18. The van der Waals surface area contributed by atoms with Crippen LogP contribution in [0.3, 0.4) is 0 Å². The van der Waals surface area contributed by atoms with E-state index in [1.54, 1.807) is 31.2 Å². The topological polar surface area (TPSA) is 43.4 Å². The predicted octanol–water partition coefficient (Wildman–Crippen LogP) is 4.20. The van der Waals surface area contributed by atoms with Crippen LogP contribution in [0.25, 0.3) is 0 Å². The lowest BCUT2D eigenvalue weighted by atomic mass is 9.96. The molecule has 0 aliphatic carbocycles. The molecule has 3 nitrogen and oxygen atoms in total. The molecule has 0 saturated heterocycles. The van der Waals surface area contributed by atoms with Crippen LogP contribution in [0.15, 0.2) is 53.4 Å². The molecule has 0 N–H and O–H groups in total. The van der Waals surface area contributed by atoms with E-state index in [0.717, 1.165) is 11.1 Å². The van der Waals surface area contributed by atoms with Crippen LogP contribution in [0, 0.1) is 13.8 Å². The Bertz CT molecular complexity index is 716. The van der Waals surface area contributed by atoms with Crippen molar-refractivity contribution in [3.05, 3.63) is 65.2 Å².